The first-order valence-electron chi connectivity index (χ1n) is 8.71. The molecule has 1 atom stereocenters. The standard InChI is InChI=1S/C18H23N3O3S/c1-2-25(23,24)21-11-3-4-14(12-21)17(22)20-16-7-5-15(6-8-16)18(13-19)9-10-18/h5-8,14H,2-4,9-12H2,1H3,(H,20,22)/t14-/m0/s1. The Labute approximate surface area is 148 Å². The lowest BCUT2D eigenvalue weighted by Crippen LogP contribution is -2.44. The number of nitrogens with one attached hydrogen (secondary N) is 1. The molecule has 1 heterocycles. The van der Waals surface area contributed by atoms with E-state index >= 15 is 0 Å². The predicted molar refractivity (Wildman–Crippen MR) is 95.4 cm³/mol. The number of hydrogen-bond acceptors (Lipinski definition) is 4. The summed E-state index contributed by atoms with van der Waals surface area (Å²) >= 11 is 0. The minimum absolute atomic E-state index is 0.0590. The van der Waals surface area contributed by atoms with Gasteiger partial charge in [-0.3, -0.25) is 4.79 Å². The first kappa shape index (κ1) is 17.9. The average molecular weight is 361 g/mol. The molecule has 25 heavy (non-hydrogen) atoms. The van der Waals surface area contributed by atoms with E-state index < -0.39 is 10.0 Å². The number of nitrogens with zero attached hydrogens (tertiary/aromatic N) is 2. The number of sulfonamides is 1. The van der Waals surface area contributed by atoms with Crippen molar-refractivity contribution in [2.45, 2.75) is 38.0 Å². The van der Waals surface area contributed by atoms with Crippen LogP contribution in [0.2, 0.25) is 0 Å². The van der Waals surface area contributed by atoms with E-state index in [0.717, 1.165) is 18.4 Å². The van der Waals surface area contributed by atoms with Crippen LogP contribution in [0.15, 0.2) is 24.3 Å². The van der Waals surface area contributed by atoms with Gasteiger partial charge in [0.05, 0.1) is 23.2 Å². The van der Waals surface area contributed by atoms with Crippen molar-refractivity contribution in [3.05, 3.63) is 29.8 Å². The van der Waals surface area contributed by atoms with Crippen LogP contribution >= 0.6 is 0 Å². The molecular formula is C18H23N3O3S. The van der Waals surface area contributed by atoms with Gasteiger partial charge in [-0.2, -0.15) is 5.26 Å². The number of amides is 1. The zero-order valence-electron chi connectivity index (χ0n) is 14.4. The molecule has 1 amide bonds. The van der Waals surface area contributed by atoms with Gasteiger partial charge in [0, 0.05) is 18.8 Å². The Bertz CT molecular complexity index is 792. The molecule has 1 aliphatic carbocycles. The van der Waals surface area contributed by atoms with Gasteiger partial charge in [0.2, 0.25) is 15.9 Å². The molecule has 7 heteroatoms. The van der Waals surface area contributed by atoms with E-state index in [0.29, 0.717) is 25.1 Å². The van der Waals surface area contributed by atoms with Gasteiger partial charge in [-0.05, 0) is 50.3 Å². The van der Waals surface area contributed by atoms with Gasteiger partial charge in [-0.15, -0.1) is 0 Å². The molecule has 2 aliphatic rings. The molecule has 134 valence electrons. The minimum Gasteiger partial charge on any atom is -0.326 e. The molecule has 1 aromatic carbocycles. The molecule has 2 fully saturated rings. The first-order chi connectivity index (χ1) is 11.9. The van der Waals surface area contributed by atoms with Crippen molar-refractivity contribution in [3.8, 4) is 6.07 Å². The molecular weight excluding hydrogens is 338 g/mol. The van der Waals surface area contributed by atoms with E-state index in [1.807, 2.05) is 24.3 Å². The molecule has 0 unspecified atom stereocenters. The van der Waals surface area contributed by atoms with Crippen LogP contribution in [0, 0.1) is 17.2 Å². The van der Waals surface area contributed by atoms with Gasteiger partial charge in [0.15, 0.2) is 0 Å². The second-order valence-electron chi connectivity index (χ2n) is 6.86. The third kappa shape index (κ3) is 3.70. The summed E-state index contributed by atoms with van der Waals surface area (Å²) in [7, 11) is -3.26. The first-order valence-corrected chi connectivity index (χ1v) is 10.3. The maximum Gasteiger partial charge on any atom is 0.228 e. The fraction of sp³-hybridized carbons (Fsp3) is 0.556. The summed E-state index contributed by atoms with van der Waals surface area (Å²) in [5, 5.41) is 12.1. The van der Waals surface area contributed by atoms with Gasteiger partial charge in [-0.25, -0.2) is 12.7 Å². The fourth-order valence-electron chi connectivity index (χ4n) is 3.30. The third-order valence-electron chi connectivity index (χ3n) is 5.18. The van der Waals surface area contributed by atoms with E-state index in [-0.39, 0.29) is 29.5 Å². The van der Waals surface area contributed by atoms with Crippen LogP contribution in [0.3, 0.4) is 0 Å². The Balaban J connectivity index is 1.63. The lowest BCUT2D eigenvalue weighted by Gasteiger charge is -2.30. The van der Waals surface area contributed by atoms with Crippen LogP contribution in [0.5, 0.6) is 0 Å². The number of nitriles is 1. The molecule has 1 saturated heterocycles. The molecule has 1 aromatic rings. The van der Waals surface area contributed by atoms with E-state index in [2.05, 4.69) is 11.4 Å². The third-order valence-corrected chi connectivity index (χ3v) is 7.03. The summed E-state index contributed by atoms with van der Waals surface area (Å²) in [4.78, 5) is 12.5. The van der Waals surface area contributed by atoms with Crippen LogP contribution in [-0.2, 0) is 20.2 Å². The number of piperidine rings is 1. The molecule has 1 aliphatic heterocycles. The molecule has 0 bridgehead atoms. The summed E-state index contributed by atoms with van der Waals surface area (Å²) in [6.45, 7) is 2.36. The fourth-order valence-corrected chi connectivity index (χ4v) is 4.48. The number of rotatable bonds is 5. The molecule has 0 aromatic heterocycles. The van der Waals surface area contributed by atoms with Crippen LogP contribution in [0.25, 0.3) is 0 Å². The normalized spacial score (nSPS) is 22.8. The lowest BCUT2D eigenvalue weighted by atomic mass is 9.97. The molecule has 6 nitrogen and oxygen atoms in total. The SMILES string of the molecule is CCS(=O)(=O)N1CCC[C@H](C(=O)Nc2ccc(C3(C#N)CC3)cc2)C1. The van der Waals surface area contributed by atoms with Crippen molar-refractivity contribution in [1.29, 1.82) is 5.26 Å². The number of hydrogen-bond donors (Lipinski definition) is 1. The smallest absolute Gasteiger partial charge is 0.228 e. The molecule has 3 rings (SSSR count). The molecule has 1 N–H and O–H groups in total. The van der Waals surface area contributed by atoms with E-state index in [1.165, 1.54) is 4.31 Å². The van der Waals surface area contributed by atoms with Gasteiger partial charge < -0.3 is 5.32 Å². The summed E-state index contributed by atoms with van der Waals surface area (Å²) in [6.07, 6.45) is 3.16. The second-order valence-corrected chi connectivity index (χ2v) is 9.12. The Kier molecular flexibility index (Phi) is 4.85. The zero-order valence-corrected chi connectivity index (χ0v) is 15.2. The second kappa shape index (κ2) is 6.77. The lowest BCUT2D eigenvalue weighted by molar-refractivity contribution is -0.120. The van der Waals surface area contributed by atoms with E-state index in [1.54, 1.807) is 6.92 Å². The van der Waals surface area contributed by atoms with Crippen LogP contribution in [0.4, 0.5) is 5.69 Å². The highest BCUT2D eigenvalue weighted by Gasteiger charge is 2.44. The average Bonchev–Trinajstić information content (AvgIpc) is 3.43. The number of anilines is 1. The van der Waals surface area contributed by atoms with E-state index in [9.17, 15) is 18.5 Å². The molecule has 0 radical (unpaired) electrons. The maximum atomic E-state index is 12.5. The number of carbonyl (C=O) groups is 1. The Morgan fingerprint density at radius 2 is 2.04 bits per heavy atom. The largest absolute Gasteiger partial charge is 0.326 e. The summed E-state index contributed by atoms with van der Waals surface area (Å²) < 4.78 is 25.5. The van der Waals surface area contributed by atoms with Crippen LogP contribution in [-0.4, -0.2) is 37.5 Å². The highest BCUT2D eigenvalue weighted by molar-refractivity contribution is 7.89. The topological polar surface area (TPSA) is 90.3 Å². The monoisotopic (exact) mass is 361 g/mol. The summed E-state index contributed by atoms with van der Waals surface area (Å²) in [5.74, 6) is -0.419. The summed E-state index contributed by atoms with van der Waals surface area (Å²) in [6, 6.07) is 9.76. The van der Waals surface area contributed by atoms with Crippen molar-refractivity contribution in [2.75, 3.05) is 24.2 Å². The quantitative estimate of drug-likeness (QED) is 0.871. The highest BCUT2D eigenvalue weighted by Crippen LogP contribution is 2.47. The summed E-state index contributed by atoms with van der Waals surface area (Å²) in [5.41, 5.74) is 1.34. The van der Waals surface area contributed by atoms with Gasteiger partial charge in [0.25, 0.3) is 0 Å². The van der Waals surface area contributed by atoms with Crippen LogP contribution < -0.4 is 5.32 Å². The van der Waals surface area contributed by atoms with Crippen molar-refractivity contribution in [1.82, 2.24) is 4.31 Å². The van der Waals surface area contributed by atoms with Crippen molar-refractivity contribution in [3.63, 3.8) is 0 Å². The Hall–Kier alpha value is -1.91. The minimum atomic E-state index is -3.26. The molecule has 1 saturated carbocycles. The number of carbonyl (C=O) groups excluding carboxylic acids is 1. The van der Waals surface area contributed by atoms with Crippen molar-refractivity contribution >= 4 is 21.6 Å². The number of benzene rings is 1. The van der Waals surface area contributed by atoms with Gasteiger partial charge in [0.1, 0.15) is 0 Å². The molecule has 0 spiro atoms. The predicted octanol–water partition coefficient (Wildman–Crippen LogP) is 2.24. The van der Waals surface area contributed by atoms with Gasteiger partial charge >= 0.3 is 0 Å². The van der Waals surface area contributed by atoms with Crippen molar-refractivity contribution in [2.24, 2.45) is 5.92 Å². The Morgan fingerprint density at radius 1 is 1.36 bits per heavy atom. The maximum absolute atomic E-state index is 12.5. The highest BCUT2D eigenvalue weighted by atomic mass is 32.2. The zero-order chi connectivity index (χ0) is 18.1. The van der Waals surface area contributed by atoms with Gasteiger partial charge in [-0.1, -0.05) is 12.1 Å². The van der Waals surface area contributed by atoms with Crippen LogP contribution in [0.1, 0.15) is 38.2 Å². The van der Waals surface area contributed by atoms with E-state index in [4.69, 9.17) is 0 Å². The van der Waals surface area contributed by atoms with Crippen molar-refractivity contribution < 1.29 is 13.2 Å². The Morgan fingerprint density at radius 3 is 2.60 bits per heavy atom.